The molecule has 0 bridgehead atoms. The average molecular weight is 593 g/mol. The highest BCUT2D eigenvalue weighted by Crippen LogP contribution is 2.69. The first kappa shape index (κ1) is 31.2. The number of carbonyl (C=O) groups excluding carboxylic acids is 1. The van der Waals surface area contributed by atoms with Crippen molar-refractivity contribution in [2.75, 3.05) is 0 Å². The molecule has 0 heterocycles. The largest absolute Gasteiger partial charge is 0.416 e. The summed E-state index contributed by atoms with van der Waals surface area (Å²) >= 11 is 0. The molecule has 0 radical (unpaired) electrons. The summed E-state index contributed by atoms with van der Waals surface area (Å²) in [6.07, 6.45) is 1.87. The third-order valence-corrected chi connectivity index (χ3v) is 13.5. The summed E-state index contributed by atoms with van der Waals surface area (Å²) < 4.78 is 49.8. The Hall–Kier alpha value is -1.18. The van der Waals surface area contributed by atoms with Crippen molar-refractivity contribution in [2.45, 2.75) is 123 Å². The zero-order chi connectivity index (χ0) is 30.0. The van der Waals surface area contributed by atoms with Crippen molar-refractivity contribution < 1.29 is 27.5 Å². The fourth-order valence-electron chi connectivity index (χ4n) is 10.5. The van der Waals surface area contributed by atoms with Crippen LogP contribution in [0.15, 0.2) is 30.3 Å². The molecule has 4 aliphatic rings. The Labute approximate surface area is 246 Å². The molecule has 230 valence electrons. The molecule has 5 rings (SSSR count). The van der Waals surface area contributed by atoms with Gasteiger partial charge in [-0.1, -0.05) is 51.1 Å². The third-order valence-electron chi connectivity index (χ3n) is 12.5. The van der Waals surface area contributed by atoms with Crippen molar-refractivity contribution >= 4 is 14.1 Å². The first-order valence-electron chi connectivity index (χ1n) is 16.0. The molecule has 10 atom stereocenters. The topological polar surface area (TPSA) is 46.5 Å². The summed E-state index contributed by atoms with van der Waals surface area (Å²) in [7, 11) is -2.39. The van der Waals surface area contributed by atoms with Gasteiger partial charge in [0, 0.05) is 12.3 Å². The van der Waals surface area contributed by atoms with Gasteiger partial charge in [0.05, 0.1) is 6.10 Å². The fraction of sp³-hybridized carbons (Fsp3) is 0.794. The number of fused-ring (bicyclic) bond motifs is 5. The van der Waals surface area contributed by atoms with Crippen LogP contribution in [-0.4, -0.2) is 31.0 Å². The molecule has 4 saturated carbocycles. The highest BCUT2D eigenvalue weighted by molar-refractivity contribution is 6.69. The number of Topliss-reactive ketones (excluding diaryl/α,β-unsaturated/α-hetero) is 1. The van der Waals surface area contributed by atoms with Gasteiger partial charge in [0.25, 0.3) is 0 Å². The molecule has 1 aromatic rings. The van der Waals surface area contributed by atoms with Gasteiger partial charge in [-0.3, -0.25) is 4.79 Å². The highest BCUT2D eigenvalue weighted by atomic mass is 28.4. The standard InChI is InChI=1S/C34H51F3O3Si/c1-22(29(38)20-30(39)23-10-8-7-9-11-23)26-14-15-27-25-13-12-24-21-33(34(35,36)37,40-41(4,5)6)19-18-31(24,2)28(25)16-17-32(26,27)3/h7-11,22,24-28,30,39H,12-21H2,1-6H3/t22-,24-,25-,26+,27-,28-,30?,31-,32+,33-/m0/s1. The molecule has 3 nitrogen and oxygen atoms in total. The Morgan fingerprint density at radius 3 is 2.27 bits per heavy atom. The quantitative estimate of drug-likeness (QED) is 0.321. The summed E-state index contributed by atoms with van der Waals surface area (Å²) in [4.78, 5) is 13.4. The zero-order valence-corrected chi connectivity index (χ0v) is 26.9. The second-order valence-corrected chi connectivity index (χ2v) is 20.1. The Kier molecular flexibility index (Phi) is 8.20. The minimum absolute atomic E-state index is 0.0389. The van der Waals surface area contributed by atoms with Gasteiger partial charge in [0.1, 0.15) is 5.78 Å². The molecule has 4 aliphatic carbocycles. The molecule has 0 saturated heterocycles. The molecule has 0 spiro atoms. The number of benzene rings is 1. The maximum atomic E-state index is 14.6. The summed E-state index contributed by atoms with van der Waals surface area (Å²) in [5.41, 5.74) is -1.22. The Balaban J connectivity index is 1.30. The summed E-state index contributed by atoms with van der Waals surface area (Å²) in [5, 5.41) is 10.7. The number of rotatable bonds is 7. The van der Waals surface area contributed by atoms with Gasteiger partial charge in [0.15, 0.2) is 13.9 Å². The van der Waals surface area contributed by atoms with E-state index in [1.165, 1.54) is 0 Å². The van der Waals surface area contributed by atoms with Gasteiger partial charge >= 0.3 is 6.18 Å². The average Bonchev–Trinajstić information content (AvgIpc) is 3.24. The summed E-state index contributed by atoms with van der Waals surface area (Å²) in [5.74, 6) is 1.86. The molecule has 0 aromatic heterocycles. The lowest BCUT2D eigenvalue weighted by atomic mass is 9.43. The van der Waals surface area contributed by atoms with Gasteiger partial charge in [-0.15, -0.1) is 0 Å². The molecule has 4 fully saturated rings. The first-order valence-corrected chi connectivity index (χ1v) is 19.4. The lowest BCUT2D eigenvalue weighted by molar-refractivity contribution is -0.282. The molecule has 1 aromatic carbocycles. The van der Waals surface area contributed by atoms with Gasteiger partial charge < -0.3 is 9.53 Å². The van der Waals surface area contributed by atoms with E-state index in [0.29, 0.717) is 30.1 Å². The number of hydrogen-bond donors (Lipinski definition) is 1. The Morgan fingerprint density at radius 2 is 1.63 bits per heavy atom. The second kappa shape index (κ2) is 10.8. The minimum Gasteiger partial charge on any atom is -0.404 e. The lowest BCUT2D eigenvalue weighted by Crippen LogP contribution is -2.61. The molecule has 1 N–H and O–H groups in total. The van der Waals surface area contributed by atoms with Crippen LogP contribution in [0.4, 0.5) is 13.2 Å². The van der Waals surface area contributed by atoms with E-state index in [2.05, 4.69) is 20.8 Å². The number of aliphatic hydroxyl groups excluding tert-OH is 1. The number of carbonyl (C=O) groups is 1. The van der Waals surface area contributed by atoms with Crippen LogP contribution in [0.25, 0.3) is 0 Å². The number of aliphatic hydroxyl groups is 1. The molecule has 0 amide bonds. The molecule has 41 heavy (non-hydrogen) atoms. The first-order chi connectivity index (χ1) is 19.0. The van der Waals surface area contributed by atoms with E-state index in [1.807, 2.05) is 50.0 Å². The van der Waals surface area contributed by atoms with Gasteiger partial charge in [-0.05, 0) is 123 Å². The number of halogens is 3. The molecular weight excluding hydrogens is 541 g/mol. The second-order valence-electron chi connectivity index (χ2n) is 15.7. The van der Waals surface area contributed by atoms with E-state index in [-0.39, 0.29) is 47.7 Å². The number of ketones is 1. The van der Waals surface area contributed by atoms with E-state index in [1.54, 1.807) is 0 Å². The molecule has 1 unspecified atom stereocenters. The Bertz CT molecular complexity index is 1100. The van der Waals surface area contributed by atoms with Crippen LogP contribution in [0.2, 0.25) is 19.6 Å². The van der Waals surface area contributed by atoms with Gasteiger partial charge in [0.2, 0.25) is 0 Å². The van der Waals surface area contributed by atoms with Crippen molar-refractivity contribution in [3.05, 3.63) is 35.9 Å². The van der Waals surface area contributed by atoms with Crippen LogP contribution in [0.3, 0.4) is 0 Å². The van der Waals surface area contributed by atoms with Crippen LogP contribution >= 0.6 is 0 Å². The van der Waals surface area contributed by atoms with Crippen LogP contribution < -0.4 is 0 Å². The summed E-state index contributed by atoms with van der Waals surface area (Å²) in [6.45, 7) is 12.4. The molecule has 0 aliphatic heterocycles. The zero-order valence-electron chi connectivity index (χ0n) is 25.9. The fourth-order valence-corrected chi connectivity index (χ4v) is 12.0. The van der Waals surface area contributed by atoms with E-state index in [0.717, 1.165) is 44.1 Å². The van der Waals surface area contributed by atoms with E-state index in [4.69, 9.17) is 4.43 Å². The normalized spacial score (nSPS) is 40.7. The SMILES string of the molecule is C[C@H](C(=O)CC(O)c1ccccc1)[C@H]1CC[C@H]2[C@@H]3CC[C@H]4C[C@](O[Si](C)(C)C)(C(F)(F)F)CC[C@]4(C)[C@H]3CC[C@]12C. The van der Waals surface area contributed by atoms with Crippen molar-refractivity contribution in [1.29, 1.82) is 0 Å². The Morgan fingerprint density at radius 1 is 0.976 bits per heavy atom. The minimum atomic E-state index is -4.34. The number of hydrogen-bond acceptors (Lipinski definition) is 3. The number of alkyl halides is 3. The van der Waals surface area contributed by atoms with Gasteiger partial charge in [-0.25, -0.2) is 0 Å². The smallest absolute Gasteiger partial charge is 0.404 e. The molecule has 7 heteroatoms. The maximum Gasteiger partial charge on any atom is 0.416 e. The van der Waals surface area contributed by atoms with E-state index < -0.39 is 26.2 Å². The van der Waals surface area contributed by atoms with Crippen LogP contribution in [0, 0.1) is 46.3 Å². The monoisotopic (exact) mass is 592 g/mol. The van der Waals surface area contributed by atoms with E-state index in [9.17, 15) is 23.1 Å². The predicted octanol–water partition coefficient (Wildman–Crippen LogP) is 9.13. The highest BCUT2D eigenvalue weighted by Gasteiger charge is 2.66. The van der Waals surface area contributed by atoms with Crippen molar-refractivity contribution in [3.63, 3.8) is 0 Å². The van der Waals surface area contributed by atoms with Crippen molar-refractivity contribution in [2.24, 2.45) is 46.3 Å². The van der Waals surface area contributed by atoms with Crippen molar-refractivity contribution in [1.82, 2.24) is 0 Å². The molecular formula is C34H51F3O3Si. The van der Waals surface area contributed by atoms with E-state index >= 15 is 0 Å². The maximum absolute atomic E-state index is 14.6. The van der Waals surface area contributed by atoms with Crippen LogP contribution in [0.1, 0.15) is 96.6 Å². The van der Waals surface area contributed by atoms with Gasteiger partial charge in [-0.2, -0.15) is 13.2 Å². The van der Waals surface area contributed by atoms with Crippen molar-refractivity contribution in [3.8, 4) is 0 Å². The summed E-state index contributed by atoms with van der Waals surface area (Å²) in [6, 6.07) is 9.42. The third kappa shape index (κ3) is 5.50. The predicted molar refractivity (Wildman–Crippen MR) is 159 cm³/mol. The lowest BCUT2D eigenvalue weighted by Gasteiger charge is -2.63. The van der Waals surface area contributed by atoms with Crippen LogP contribution in [-0.2, 0) is 9.22 Å². The van der Waals surface area contributed by atoms with Crippen LogP contribution in [0.5, 0.6) is 0 Å².